The summed E-state index contributed by atoms with van der Waals surface area (Å²) >= 11 is 0. The zero-order chi connectivity index (χ0) is 8.81. The molecule has 2 heteroatoms. The van der Waals surface area contributed by atoms with Gasteiger partial charge in [-0.25, -0.2) is 0 Å². The van der Waals surface area contributed by atoms with Gasteiger partial charge in [0.2, 0.25) is 0 Å². The van der Waals surface area contributed by atoms with Crippen molar-refractivity contribution in [2.24, 2.45) is 5.16 Å². The van der Waals surface area contributed by atoms with Crippen LogP contribution in [-0.4, -0.2) is 11.4 Å². The Labute approximate surface area is 71.2 Å². The smallest absolute Gasteiger partial charge is 0.0667 e. The molecule has 1 N–H and O–H groups in total. The van der Waals surface area contributed by atoms with Gasteiger partial charge in [0, 0.05) is 0 Å². The highest BCUT2D eigenvalue weighted by Crippen LogP contribution is 1.71. The first kappa shape index (κ1) is 8.53. The molecule has 0 radical (unpaired) electrons. The maximum absolute atomic E-state index is 8.22. The van der Waals surface area contributed by atoms with Gasteiger partial charge in [-0.15, -0.1) is 0 Å². The summed E-state index contributed by atoms with van der Waals surface area (Å²) in [5, 5.41) is 13.3. The van der Waals surface area contributed by atoms with Gasteiger partial charge in [-0.3, -0.25) is 0 Å². The van der Waals surface area contributed by atoms with E-state index in [2.05, 4.69) is 5.16 Å². The second-order valence-corrected chi connectivity index (χ2v) is 2.35. The Hall–Kier alpha value is -1.57. The second-order valence-electron chi connectivity index (χ2n) is 2.35. The Morgan fingerprint density at radius 1 is 1.25 bits per heavy atom. The molecule has 0 saturated carbocycles. The number of benzene rings is 1. The van der Waals surface area contributed by atoms with Crippen molar-refractivity contribution in [2.45, 2.75) is 6.92 Å². The van der Waals surface area contributed by atoms with Crippen molar-refractivity contribution in [3.8, 4) is 0 Å². The fourth-order valence-electron chi connectivity index (χ4n) is 1.04. The van der Waals surface area contributed by atoms with E-state index >= 15 is 0 Å². The number of hydrogen-bond acceptors (Lipinski definition) is 2. The first-order chi connectivity index (χ1) is 5.88. The quantitative estimate of drug-likeness (QED) is 0.367. The average Bonchev–Trinajstić information content (AvgIpc) is 2.15. The van der Waals surface area contributed by atoms with E-state index in [0.717, 1.165) is 10.4 Å². The maximum atomic E-state index is 8.22. The van der Waals surface area contributed by atoms with Crippen LogP contribution < -0.4 is 10.4 Å². The summed E-state index contributed by atoms with van der Waals surface area (Å²) in [4.78, 5) is 0. The summed E-state index contributed by atoms with van der Waals surface area (Å²) in [5.74, 6) is 0. The summed E-state index contributed by atoms with van der Waals surface area (Å²) in [5.41, 5.74) is 0. The average molecular weight is 161 g/mol. The molecule has 1 aromatic rings. The zero-order valence-corrected chi connectivity index (χ0v) is 6.94. The van der Waals surface area contributed by atoms with Crippen molar-refractivity contribution in [1.29, 1.82) is 0 Å². The molecule has 1 aromatic carbocycles. The Morgan fingerprint density at radius 2 is 1.92 bits per heavy atom. The zero-order valence-electron chi connectivity index (χ0n) is 6.94. The molecule has 0 spiro atoms. The molecule has 0 aliphatic rings. The minimum absolute atomic E-state index is 1.05. The Kier molecular flexibility index (Phi) is 3.08. The SMILES string of the molecule is C/C=c1/cccc/c1=C/C=N/O. The van der Waals surface area contributed by atoms with E-state index in [1.807, 2.05) is 37.3 Å². The van der Waals surface area contributed by atoms with Gasteiger partial charge in [0.05, 0.1) is 6.21 Å². The molecular weight excluding hydrogens is 150 g/mol. The van der Waals surface area contributed by atoms with Crippen molar-refractivity contribution in [1.82, 2.24) is 0 Å². The van der Waals surface area contributed by atoms with Crippen LogP contribution in [0.2, 0.25) is 0 Å². The molecule has 2 nitrogen and oxygen atoms in total. The minimum Gasteiger partial charge on any atom is -0.411 e. The van der Waals surface area contributed by atoms with Gasteiger partial charge in [-0.05, 0) is 23.4 Å². The molecular formula is C10H11NO. The Morgan fingerprint density at radius 3 is 2.50 bits per heavy atom. The fraction of sp³-hybridized carbons (Fsp3) is 0.100. The van der Waals surface area contributed by atoms with Gasteiger partial charge >= 0.3 is 0 Å². The van der Waals surface area contributed by atoms with E-state index < -0.39 is 0 Å². The summed E-state index contributed by atoms with van der Waals surface area (Å²) < 4.78 is 0. The van der Waals surface area contributed by atoms with Gasteiger partial charge in [0.1, 0.15) is 0 Å². The van der Waals surface area contributed by atoms with E-state index in [1.54, 1.807) is 6.08 Å². The van der Waals surface area contributed by atoms with Crippen LogP contribution in [-0.2, 0) is 0 Å². The van der Waals surface area contributed by atoms with Crippen molar-refractivity contribution in [2.75, 3.05) is 0 Å². The van der Waals surface area contributed by atoms with E-state index in [9.17, 15) is 0 Å². The first-order valence-corrected chi connectivity index (χ1v) is 3.77. The molecule has 0 unspecified atom stereocenters. The third-order valence-corrected chi connectivity index (χ3v) is 1.63. The monoisotopic (exact) mass is 161 g/mol. The normalized spacial score (nSPS) is 14.4. The maximum Gasteiger partial charge on any atom is 0.0667 e. The number of nitrogens with zero attached hydrogens (tertiary/aromatic N) is 1. The number of hydrogen-bond donors (Lipinski definition) is 1. The van der Waals surface area contributed by atoms with Crippen LogP contribution in [0.4, 0.5) is 0 Å². The van der Waals surface area contributed by atoms with Gasteiger partial charge in [0.15, 0.2) is 0 Å². The molecule has 0 fully saturated rings. The lowest BCUT2D eigenvalue weighted by atomic mass is 10.2. The number of rotatable bonds is 1. The molecule has 0 aliphatic heterocycles. The summed E-state index contributed by atoms with van der Waals surface area (Å²) in [6.45, 7) is 1.97. The molecule has 0 heterocycles. The molecule has 1 rings (SSSR count). The molecule has 0 saturated heterocycles. The topological polar surface area (TPSA) is 32.6 Å². The molecule has 0 aromatic heterocycles. The third kappa shape index (κ3) is 1.95. The molecule has 0 aliphatic carbocycles. The Balaban J connectivity index is 3.33. The second kappa shape index (κ2) is 4.34. The van der Waals surface area contributed by atoms with Gasteiger partial charge < -0.3 is 5.21 Å². The van der Waals surface area contributed by atoms with Crippen molar-refractivity contribution in [3.63, 3.8) is 0 Å². The third-order valence-electron chi connectivity index (χ3n) is 1.63. The minimum atomic E-state index is 1.05. The summed E-state index contributed by atoms with van der Waals surface area (Å²) in [6, 6.07) is 7.90. The fourth-order valence-corrected chi connectivity index (χ4v) is 1.04. The highest BCUT2D eigenvalue weighted by Gasteiger charge is 1.79. The van der Waals surface area contributed by atoms with Gasteiger partial charge in [-0.2, -0.15) is 0 Å². The summed E-state index contributed by atoms with van der Waals surface area (Å²) in [6.07, 6.45) is 5.13. The van der Waals surface area contributed by atoms with Crippen LogP contribution in [0, 0.1) is 0 Å². The Bertz CT molecular complexity index is 379. The lowest BCUT2D eigenvalue weighted by molar-refractivity contribution is 0.322. The predicted octanol–water partition coefficient (Wildman–Crippen LogP) is 0.728. The van der Waals surface area contributed by atoms with Crippen molar-refractivity contribution >= 4 is 18.4 Å². The van der Waals surface area contributed by atoms with Gasteiger partial charge in [0.25, 0.3) is 0 Å². The molecule has 62 valence electrons. The van der Waals surface area contributed by atoms with Crippen LogP contribution in [0.1, 0.15) is 6.92 Å². The molecule has 0 amide bonds. The van der Waals surface area contributed by atoms with E-state index in [0.29, 0.717) is 0 Å². The lowest BCUT2D eigenvalue weighted by Gasteiger charge is -1.85. The summed E-state index contributed by atoms with van der Waals surface area (Å²) in [7, 11) is 0. The largest absolute Gasteiger partial charge is 0.411 e. The van der Waals surface area contributed by atoms with Crippen LogP contribution in [0.3, 0.4) is 0 Å². The first-order valence-electron chi connectivity index (χ1n) is 3.77. The molecule has 0 bridgehead atoms. The van der Waals surface area contributed by atoms with Crippen molar-refractivity contribution < 1.29 is 5.21 Å². The van der Waals surface area contributed by atoms with Crippen molar-refractivity contribution in [3.05, 3.63) is 34.7 Å². The lowest BCUT2D eigenvalue weighted by Crippen LogP contribution is -2.23. The predicted molar refractivity (Wildman–Crippen MR) is 50.6 cm³/mol. The van der Waals surface area contributed by atoms with E-state index in [1.165, 1.54) is 6.21 Å². The van der Waals surface area contributed by atoms with E-state index in [4.69, 9.17) is 5.21 Å². The molecule has 0 atom stereocenters. The highest BCUT2D eigenvalue weighted by atomic mass is 16.4. The van der Waals surface area contributed by atoms with Crippen LogP contribution in [0.25, 0.3) is 12.2 Å². The van der Waals surface area contributed by atoms with Crippen LogP contribution in [0.15, 0.2) is 29.4 Å². The van der Waals surface area contributed by atoms with Crippen LogP contribution in [0.5, 0.6) is 0 Å². The molecule has 12 heavy (non-hydrogen) atoms. The van der Waals surface area contributed by atoms with Crippen LogP contribution >= 0.6 is 0 Å². The standard InChI is InChI=1S/C10H11NO/c1-2-9-5-3-4-6-10(9)7-8-11-12/h2-8,12H,1H3/b9-2-,10-7-,11-8+. The van der Waals surface area contributed by atoms with Gasteiger partial charge in [-0.1, -0.05) is 35.5 Å². The number of oxime groups is 1. The highest BCUT2D eigenvalue weighted by molar-refractivity contribution is 5.90. The van der Waals surface area contributed by atoms with E-state index in [-0.39, 0.29) is 0 Å².